The summed E-state index contributed by atoms with van der Waals surface area (Å²) < 4.78 is 41.5. The summed E-state index contributed by atoms with van der Waals surface area (Å²) in [6, 6.07) is 8.31. The Morgan fingerprint density at radius 1 is 1.40 bits per heavy atom. The molecule has 1 aromatic carbocycles. The molecule has 1 heterocycles. The predicted molar refractivity (Wildman–Crippen MR) is 70.6 cm³/mol. The SMILES string of the molecule is Cn1cccc1CNS(=O)(=O)c1ccc(F)c(C#N)c1. The molecule has 0 amide bonds. The second-order valence-corrected chi connectivity index (χ2v) is 5.96. The number of benzene rings is 1. The summed E-state index contributed by atoms with van der Waals surface area (Å²) in [4.78, 5) is -0.135. The molecule has 104 valence electrons. The molecule has 0 fully saturated rings. The Bertz CT molecular complexity index is 775. The van der Waals surface area contributed by atoms with Crippen LogP contribution in [0.4, 0.5) is 4.39 Å². The zero-order valence-corrected chi connectivity index (χ0v) is 11.5. The van der Waals surface area contributed by atoms with E-state index in [4.69, 9.17) is 5.26 Å². The van der Waals surface area contributed by atoms with Crippen molar-refractivity contribution in [2.45, 2.75) is 11.4 Å². The lowest BCUT2D eigenvalue weighted by Gasteiger charge is -2.08. The van der Waals surface area contributed by atoms with Gasteiger partial charge in [-0.3, -0.25) is 0 Å². The molecule has 1 aromatic heterocycles. The average Bonchev–Trinajstić information content (AvgIpc) is 2.82. The average molecular weight is 293 g/mol. The van der Waals surface area contributed by atoms with Crippen LogP contribution in [0.15, 0.2) is 41.4 Å². The van der Waals surface area contributed by atoms with Gasteiger partial charge in [-0.05, 0) is 30.3 Å². The predicted octanol–water partition coefficient (Wildman–Crippen LogP) is 1.51. The number of hydrogen-bond donors (Lipinski definition) is 1. The van der Waals surface area contributed by atoms with E-state index in [-0.39, 0.29) is 17.0 Å². The quantitative estimate of drug-likeness (QED) is 0.928. The number of nitriles is 1. The zero-order chi connectivity index (χ0) is 14.8. The van der Waals surface area contributed by atoms with E-state index in [1.807, 2.05) is 0 Å². The Morgan fingerprint density at radius 2 is 2.15 bits per heavy atom. The fourth-order valence-corrected chi connectivity index (χ4v) is 2.71. The maximum atomic E-state index is 13.2. The normalized spacial score (nSPS) is 11.2. The number of nitrogens with zero attached hydrogens (tertiary/aromatic N) is 2. The van der Waals surface area contributed by atoms with Gasteiger partial charge in [0.15, 0.2) is 0 Å². The lowest BCUT2D eigenvalue weighted by molar-refractivity contribution is 0.578. The Labute approximate surface area is 116 Å². The van der Waals surface area contributed by atoms with Crippen molar-refractivity contribution in [1.29, 1.82) is 5.26 Å². The van der Waals surface area contributed by atoms with Crippen LogP contribution in [0.2, 0.25) is 0 Å². The first-order valence-corrected chi connectivity index (χ1v) is 7.22. The number of rotatable bonds is 4. The number of aryl methyl sites for hydroxylation is 1. The van der Waals surface area contributed by atoms with Crippen LogP contribution in [0, 0.1) is 17.1 Å². The molecule has 0 saturated carbocycles. The Hall–Kier alpha value is -2.17. The maximum absolute atomic E-state index is 13.2. The summed E-state index contributed by atoms with van der Waals surface area (Å²) in [5.74, 6) is -0.742. The number of sulfonamides is 1. The summed E-state index contributed by atoms with van der Waals surface area (Å²) >= 11 is 0. The molecular weight excluding hydrogens is 281 g/mol. The van der Waals surface area contributed by atoms with E-state index in [0.29, 0.717) is 0 Å². The largest absolute Gasteiger partial charge is 0.353 e. The highest BCUT2D eigenvalue weighted by Crippen LogP contribution is 2.14. The van der Waals surface area contributed by atoms with Gasteiger partial charge in [0, 0.05) is 18.9 Å². The smallest absolute Gasteiger partial charge is 0.240 e. The van der Waals surface area contributed by atoms with E-state index in [9.17, 15) is 12.8 Å². The van der Waals surface area contributed by atoms with Crippen LogP contribution in [0.1, 0.15) is 11.3 Å². The lowest BCUT2D eigenvalue weighted by Crippen LogP contribution is -2.24. The minimum atomic E-state index is -3.78. The Balaban J connectivity index is 2.23. The van der Waals surface area contributed by atoms with E-state index >= 15 is 0 Å². The lowest BCUT2D eigenvalue weighted by atomic mass is 10.2. The first-order chi connectivity index (χ1) is 9.44. The first-order valence-electron chi connectivity index (χ1n) is 5.73. The van der Waals surface area contributed by atoms with Gasteiger partial charge in [0.1, 0.15) is 11.9 Å². The van der Waals surface area contributed by atoms with Gasteiger partial charge in [0.2, 0.25) is 10.0 Å². The third-order valence-electron chi connectivity index (χ3n) is 2.86. The van der Waals surface area contributed by atoms with Crippen molar-refractivity contribution in [3.8, 4) is 6.07 Å². The van der Waals surface area contributed by atoms with E-state index in [1.54, 1.807) is 36.0 Å². The molecule has 7 heteroatoms. The van der Waals surface area contributed by atoms with Gasteiger partial charge < -0.3 is 4.57 Å². The maximum Gasteiger partial charge on any atom is 0.240 e. The third kappa shape index (κ3) is 2.87. The minimum absolute atomic E-state index is 0.116. The summed E-state index contributed by atoms with van der Waals surface area (Å²) in [5, 5.41) is 8.72. The molecule has 0 atom stereocenters. The second-order valence-electron chi connectivity index (χ2n) is 4.19. The first kappa shape index (κ1) is 14.2. The van der Waals surface area contributed by atoms with Crippen molar-refractivity contribution in [1.82, 2.24) is 9.29 Å². The zero-order valence-electron chi connectivity index (χ0n) is 10.7. The molecule has 0 spiro atoms. The van der Waals surface area contributed by atoms with Crippen LogP contribution in [-0.2, 0) is 23.6 Å². The summed E-state index contributed by atoms with van der Waals surface area (Å²) in [5.41, 5.74) is 0.489. The Morgan fingerprint density at radius 3 is 2.75 bits per heavy atom. The highest BCUT2D eigenvalue weighted by atomic mass is 32.2. The molecule has 2 aromatic rings. The molecule has 2 rings (SSSR count). The highest BCUT2D eigenvalue weighted by Gasteiger charge is 2.16. The number of hydrogen-bond acceptors (Lipinski definition) is 3. The van der Waals surface area contributed by atoms with Crippen LogP contribution < -0.4 is 4.72 Å². The molecule has 1 N–H and O–H groups in total. The van der Waals surface area contributed by atoms with Gasteiger partial charge in [-0.25, -0.2) is 17.5 Å². The van der Waals surface area contributed by atoms with Gasteiger partial charge >= 0.3 is 0 Å². The summed E-state index contributed by atoms with van der Waals surface area (Å²) in [6.07, 6.45) is 1.80. The van der Waals surface area contributed by atoms with Gasteiger partial charge in [0.25, 0.3) is 0 Å². The van der Waals surface area contributed by atoms with Crippen molar-refractivity contribution < 1.29 is 12.8 Å². The van der Waals surface area contributed by atoms with Crippen molar-refractivity contribution in [3.63, 3.8) is 0 Å². The van der Waals surface area contributed by atoms with Crippen LogP contribution in [0.25, 0.3) is 0 Å². The molecule has 0 unspecified atom stereocenters. The van der Waals surface area contributed by atoms with Gasteiger partial charge in [-0.2, -0.15) is 5.26 Å². The molecule has 0 bridgehead atoms. The van der Waals surface area contributed by atoms with E-state index < -0.39 is 15.8 Å². The van der Waals surface area contributed by atoms with Crippen molar-refractivity contribution in [2.75, 3.05) is 0 Å². The summed E-state index contributed by atoms with van der Waals surface area (Å²) in [6.45, 7) is 0.116. The van der Waals surface area contributed by atoms with E-state index in [2.05, 4.69) is 4.72 Å². The number of halogens is 1. The fraction of sp³-hybridized carbons (Fsp3) is 0.154. The minimum Gasteiger partial charge on any atom is -0.353 e. The standard InChI is InChI=1S/C13H12FN3O2S/c1-17-6-2-3-11(17)9-16-20(18,19)12-4-5-13(14)10(7-12)8-15/h2-7,16H,9H2,1H3. The van der Waals surface area contributed by atoms with Crippen molar-refractivity contribution >= 4 is 10.0 Å². The molecule has 0 aliphatic rings. The van der Waals surface area contributed by atoms with Crippen molar-refractivity contribution in [2.24, 2.45) is 7.05 Å². The molecule has 0 radical (unpaired) electrons. The van der Waals surface area contributed by atoms with Crippen LogP contribution >= 0.6 is 0 Å². The topological polar surface area (TPSA) is 74.9 Å². The van der Waals surface area contributed by atoms with Gasteiger partial charge in [0.05, 0.1) is 17.0 Å². The number of nitrogens with one attached hydrogen (secondary N) is 1. The molecular formula is C13H12FN3O2S. The summed E-state index contributed by atoms with van der Waals surface area (Å²) in [7, 11) is -1.98. The van der Waals surface area contributed by atoms with Crippen LogP contribution in [0.3, 0.4) is 0 Å². The Kier molecular flexibility index (Phi) is 3.88. The van der Waals surface area contributed by atoms with E-state index in [0.717, 1.165) is 23.9 Å². The number of aromatic nitrogens is 1. The second kappa shape index (κ2) is 5.45. The monoisotopic (exact) mass is 293 g/mol. The molecule has 0 aliphatic heterocycles. The molecule has 0 aliphatic carbocycles. The molecule has 0 saturated heterocycles. The van der Waals surface area contributed by atoms with Gasteiger partial charge in [-0.15, -0.1) is 0 Å². The third-order valence-corrected chi connectivity index (χ3v) is 4.26. The van der Waals surface area contributed by atoms with Crippen molar-refractivity contribution in [3.05, 3.63) is 53.6 Å². The van der Waals surface area contributed by atoms with Crippen LogP contribution in [0.5, 0.6) is 0 Å². The van der Waals surface area contributed by atoms with Crippen LogP contribution in [-0.4, -0.2) is 13.0 Å². The van der Waals surface area contributed by atoms with E-state index in [1.165, 1.54) is 0 Å². The highest BCUT2D eigenvalue weighted by molar-refractivity contribution is 7.89. The molecule has 5 nitrogen and oxygen atoms in total. The van der Waals surface area contributed by atoms with Gasteiger partial charge in [-0.1, -0.05) is 0 Å². The molecule has 20 heavy (non-hydrogen) atoms. The fourth-order valence-electron chi connectivity index (χ4n) is 1.69.